The van der Waals surface area contributed by atoms with Gasteiger partial charge in [0.2, 0.25) is 0 Å². The Kier molecular flexibility index (Phi) is 2.10. The van der Waals surface area contributed by atoms with Gasteiger partial charge in [0.05, 0.1) is 0 Å². The number of nitrogens with zero attached hydrogens (tertiary/aromatic N) is 3. The lowest BCUT2D eigenvalue weighted by molar-refractivity contribution is 0.112. The standard InChI is InChI=1S/C10H9N3O/c1-8-2-9(5-14)4-10(3-8)13-6-11-12-7-13/h2-7H,1H3. The molecular weight excluding hydrogens is 178 g/mol. The summed E-state index contributed by atoms with van der Waals surface area (Å²) in [5, 5.41) is 7.42. The zero-order chi connectivity index (χ0) is 9.97. The molecule has 0 fully saturated rings. The molecule has 14 heavy (non-hydrogen) atoms. The molecule has 0 unspecified atom stereocenters. The highest BCUT2D eigenvalue weighted by molar-refractivity contribution is 5.76. The van der Waals surface area contributed by atoms with E-state index in [0.29, 0.717) is 5.56 Å². The highest BCUT2D eigenvalue weighted by Crippen LogP contribution is 2.11. The Morgan fingerprint density at radius 3 is 2.57 bits per heavy atom. The third kappa shape index (κ3) is 1.54. The van der Waals surface area contributed by atoms with E-state index in [2.05, 4.69) is 10.2 Å². The van der Waals surface area contributed by atoms with Crippen molar-refractivity contribution in [3.8, 4) is 5.69 Å². The molecule has 1 aromatic carbocycles. The molecule has 0 saturated carbocycles. The highest BCUT2D eigenvalue weighted by atomic mass is 16.1. The van der Waals surface area contributed by atoms with E-state index in [1.165, 1.54) is 0 Å². The van der Waals surface area contributed by atoms with Crippen molar-refractivity contribution in [3.05, 3.63) is 42.0 Å². The highest BCUT2D eigenvalue weighted by Gasteiger charge is 1.99. The first-order valence-corrected chi connectivity index (χ1v) is 4.21. The lowest BCUT2D eigenvalue weighted by Crippen LogP contribution is -1.93. The van der Waals surface area contributed by atoms with Crippen molar-refractivity contribution >= 4 is 6.29 Å². The first-order valence-electron chi connectivity index (χ1n) is 4.21. The van der Waals surface area contributed by atoms with Crippen LogP contribution in [-0.2, 0) is 0 Å². The number of hydrogen-bond donors (Lipinski definition) is 0. The first kappa shape index (κ1) is 8.62. The minimum Gasteiger partial charge on any atom is -0.298 e. The van der Waals surface area contributed by atoms with Gasteiger partial charge in [-0.05, 0) is 30.7 Å². The van der Waals surface area contributed by atoms with Crippen molar-refractivity contribution in [3.63, 3.8) is 0 Å². The molecule has 4 heteroatoms. The van der Waals surface area contributed by atoms with Gasteiger partial charge in [0.15, 0.2) is 0 Å². The number of rotatable bonds is 2. The monoisotopic (exact) mass is 187 g/mol. The van der Waals surface area contributed by atoms with Crippen LogP contribution in [0.4, 0.5) is 0 Å². The molecule has 0 atom stereocenters. The van der Waals surface area contributed by atoms with Gasteiger partial charge in [-0.15, -0.1) is 10.2 Å². The third-order valence-electron chi connectivity index (χ3n) is 1.94. The second-order valence-electron chi connectivity index (χ2n) is 3.09. The van der Waals surface area contributed by atoms with Crippen LogP contribution in [0.2, 0.25) is 0 Å². The van der Waals surface area contributed by atoms with Crippen molar-refractivity contribution in [2.45, 2.75) is 6.92 Å². The minimum absolute atomic E-state index is 0.661. The molecule has 0 radical (unpaired) electrons. The zero-order valence-corrected chi connectivity index (χ0v) is 7.71. The van der Waals surface area contributed by atoms with Gasteiger partial charge in [-0.1, -0.05) is 0 Å². The summed E-state index contributed by atoms with van der Waals surface area (Å²) in [6.45, 7) is 1.95. The van der Waals surface area contributed by atoms with Gasteiger partial charge < -0.3 is 0 Å². The zero-order valence-electron chi connectivity index (χ0n) is 7.71. The summed E-state index contributed by atoms with van der Waals surface area (Å²) >= 11 is 0. The maximum Gasteiger partial charge on any atom is 0.150 e. The summed E-state index contributed by atoms with van der Waals surface area (Å²) in [7, 11) is 0. The predicted octanol–water partition coefficient (Wildman–Crippen LogP) is 1.39. The van der Waals surface area contributed by atoms with Gasteiger partial charge in [-0.3, -0.25) is 9.36 Å². The van der Waals surface area contributed by atoms with E-state index < -0.39 is 0 Å². The minimum atomic E-state index is 0.661. The van der Waals surface area contributed by atoms with Crippen LogP contribution in [0.1, 0.15) is 15.9 Å². The van der Waals surface area contributed by atoms with Crippen LogP contribution in [-0.4, -0.2) is 21.1 Å². The first-order chi connectivity index (χ1) is 6.79. The molecule has 0 aliphatic carbocycles. The lowest BCUT2D eigenvalue weighted by Gasteiger charge is -2.03. The van der Waals surface area contributed by atoms with Crippen LogP contribution >= 0.6 is 0 Å². The van der Waals surface area contributed by atoms with Crippen LogP contribution in [0.15, 0.2) is 30.9 Å². The van der Waals surface area contributed by atoms with Crippen molar-refractivity contribution in [1.82, 2.24) is 14.8 Å². The second-order valence-corrected chi connectivity index (χ2v) is 3.09. The maximum absolute atomic E-state index is 10.6. The molecule has 0 spiro atoms. The molecule has 70 valence electrons. The van der Waals surface area contributed by atoms with Crippen LogP contribution in [0, 0.1) is 6.92 Å². The fourth-order valence-electron chi connectivity index (χ4n) is 1.34. The van der Waals surface area contributed by atoms with Gasteiger partial charge in [-0.25, -0.2) is 0 Å². The molecule has 1 aromatic heterocycles. The molecule has 2 aromatic rings. The smallest absolute Gasteiger partial charge is 0.150 e. The van der Waals surface area contributed by atoms with Crippen LogP contribution in [0.5, 0.6) is 0 Å². The SMILES string of the molecule is Cc1cc(C=O)cc(-n2cnnc2)c1. The number of carbonyl (C=O) groups is 1. The van der Waals surface area contributed by atoms with Gasteiger partial charge in [-0.2, -0.15) is 0 Å². The number of hydrogen-bond acceptors (Lipinski definition) is 3. The summed E-state index contributed by atoms with van der Waals surface area (Å²) in [6.07, 6.45) is 4.04. The summed E-state index contributed by atoms with van der Waals surface area (Å²) < 4.78 is 1.76. The Hall–Kier alpha value is -1.97. The van der Waals surface area contributed by atoms with E-state index in [1.807, 2.05) is 19.1 Å². The molecule has 4 nitrogen and oxygen atoms in total. The number of benzene rings is 1. The van der Waals surface area contributed by atoms with Crippen molar-refractivity contribution in [2.75, 3.05) is 0 Å². The average molecular weight is 187 g/mol. The Balaban J connectivity index is 2.54. The van der Waals surface area contributed by atoms with Gasteiger partial charge in [0, 0.05) is 11.3 Å². The number of carbonyl (C=O) groups excluding carboxylic acids is 1. The number of aldehydes is 1. The Labute approximate surface area is 81.2 Å². The Bertz CT molecular complexity index is 448. The van der Waals surface area contributed by atoms with E-state index in [9.17, 15) is 4.79 Å². The van der Waals surface area contributed by atoms with E-state index >= 15 is 0 Å². The third-order valence-corrected chi connectivity index (χ3v) is 1.94. The van der Waals surface area contributed by atoms with Crippen LogP contribution in [0.3, 0.4) is 0 Å². The van der Waals surface area contributed by atoms with E-state index in [0.717, 1.165) is 17.5 Å². The maximum atomic E-state index is 10.6. The van der Waals surface area contributed by atoms with Crippen molar-refractivity contribution in [1.29, 1.82) is 0 Å². The van der Waals surface area contributed by atoms with E-state index in [-0.39, 0.29) is 0 Å². The molecule has 0 bridgehead atoms. The summed E-state index contributed by atoms with van der Waals surface area (Å²) in [4.78, 5) is 10.6. The Morgan fingerprint density at radius 2 is 1.93 bits per heavy atom. The largest absolute Gasteiger partial charge is 0.298 e. The fourth-order valence-corrected chi connectivity index (χ4v) is 1.34. The predicted molar refractivity (Wildman–Crippen MR) is 51.5 cm³/mol. The number of aryl methyl sites for hydroxylation is 1. The van der Waals surface area contributed by atoms with Crippen LogP contribution in [0.25, 0.3) is 5.69 Å². The fraction of sp³-hybridized carbons (Fsp3) is 0.100. The second kappa shape index (κ2) is 3.41. The quantitative estimate of drug-likeness (QED) is 0.667. The number of aromatic nitrogens is 3. The molecule has 0 amide bonds. The van der Waals surface area contributed by atoms with Gasteiger partial charge in [0.1, 0.15) is 18.9 Å². The van der Waals surface area contributed by atoms with E-state index in [4.69, 9.17) is 0 Å². The summed E-state index contributed by atoms with van der Waals surface area (Å²) in [5.74, 6) is 0. The molecular formula is C10H9N3O. The normalized spacial score (nSPS) is 10.1. The molecule has 1 heterocycles. The average Bonchev–Trinajstić information content (AvgIpc) is 2.69. The van der Waals surface area contributed by atoms with Gasteiger partial charge in [0.25, 0.3) is 0 Å². The molecule has 0 N–H and O–H groups in total. The topological polar surface area (TPSA) is 47.8 Å². The van der Waals surface area contributed by atoms with Crippen LogP contribution < -0.4 is 0 Å². The molecule has 0 saturated heterocycles. The lowest BCUT2D eigenvalue weighted by atomic mass is 10.1. The molecule has 0 aliphatic heterocycles. The van der Waals surface area contributed by atoms with Gasteiger partial charge >= 0.3 is 0 Å². The molecule has 2 rings (SSSR count). The summed E-state index contributed by atoms with van der Waals surface area (Å²) in [6, 6.07) is 5.60. The Morgan fingerprint density at radius 1 is 1.21 bits per heavy atom. The van der Waals surface area contributed by atoms with Crippen molar-refractivity contribution in [2.24, 2.45) is 0 Å². The summed E-state index contributed by atoms with van der Waals surface area (Å²) in [5.41, 5.74) is 2.60. The van der Waals surface area contributed by atoms with E-state index in [1.54, 1.807) is 23.3 Å². The van der Waals surface area contributed by atoms with Crippen molar-refractivity contribution < 1.29 is 4.79 Å². The molecule has 0 aliphatic rings.